The maximum absolute atomic E-state index is 12.7. The second-order valence-electron chi connectivity index (χ2n) is 5.81. The quantitative estimate of drug-likeness (QED) is 0.915. The van der Waals surface area contributed by atoms with Gasteiger partial charge in [-0.25, -0.2) is 0 Å². The lowest BCUT2D eigenvalue weighted by Gasteiger charge is -2.32. The number of piperidine rings is 1. The highest BCUT2D eigenvalue weighted by molar-refractivity contribution is 5.97. The van der Waals surface area contributed by atoms with Crippen LogP contribution in [-0.2, 0) is 0 Å². The Bertz CT molecular complexity index is 442. The third-order valence-electron chi connectivity index (χ3n) is 4.28. The monoisotopic (exact) mass is 274 g/mol. The summed E-state index contributed by atoms with van der Waals surface area (Å²) in [7, 11) is 0. The second-order valence-corrected chi connectivity index (χ2v) is 5.81. The Hall–Kier alpha value is -1.35. The molecule has 1 saturated heterocycles. The highest BCUT2D eigenvalue weighted by atomic mass is 16.2. The lowest BCUT2D eigenvalue weighted by Crippen LogP contribution is -2.41. The summed E-state index contributed by atoms with van der Waals surface area (Å²) in [6.07, 6.45) is 2.23. The number of rotatable bonds is 4. The fourth-order valence-corrected chi connectivity index (χ4v) is 3.00. The molecule has 0 unspecified atom stereocenters. The maximum atomic E-state index is 12.7. The van der Waals surface area contributed by atoms with Gasteiger partial charge in [-0.1, -0.05) is 25.1 Å². The molecule has 0 aliphatic carbocycles. The molecule has 1 aliphatic rings. The normalized spacial score (nSPS) is 16.4. The summed E-state index contributed by atoms with van der Waals surface area (Å²) in [5.41, 5.74) is 3.08. The first-order valence-corrected chi connectivity index (χ1v) is 7.69. The zero-order valence-corrected chi connectivity index (χ0v) is 12.9. The second kappa shape index (κ2) is 6.89. The van der Waals surface area contributed by atoms with E-state index in [-0.39, 0.29) is 5.91 Å². The van der Waals surface area contributed by atoms with Crippen LogP contribution in [0, 0.1) is 19.8 Å². The Morgan fingerprint density at radius 1 is 1.25 bits per heavy atom. The molecule has 1 aromatic rings. The molecule has 1 N–H and O–H groups in total. The molecule has 110 valence electrons. The molecule has 0 saturated carbocycles. The smallest absolute Gasteiger partial charge is 0.254 e. The van der Waals surface area contributed by atoms with Gasteiger partial charge in [-0.2, -0.15) is 0 Å². The lowest BCUT2D eigenvalue weighted by molar-refractivity contribution is 0.0689. The number of benzene rings is 1. The minimum Gasteiger partial charge on any atom is -0.339 e. The van der Waals surface area contributed by atoms with E-state index < -0.39 is 0 Å². The van der Waals surface area contributed by atoms with Crippen LogP contribution < -0.4 is 5.32 Å². The van der Waals surface area contributed by atoms with Gasteiger partial charge in [0.2, 0.25) is 0 Å². The van der Waals surface area contributed by atoms with E-state index in [1.807, 2.05) is 36.9 Å². The zero-order valence-electron chi connectivity index (χ0n) is 12.9. The molecular formula is C17H26N2O. The van der Waals surface area contributed by atoms with Gasteiger partial charge in [-0.05, 0) is 56.8 Å². The Labute approximate surface area is 122 Å². The van der Waals surface area contributed by atoms with E-state index in [1.165, 1.54) is 0 Å². The van der Waals surface area contributed by atoms with Gasteiger partial charge in [0, 0.05) is 18.7 Å². The predicted octanol–water partition coefficient (Wildman–Crippen LogP) is 2.77. The van der Waals surface area contributed by atoms with Crippen molar-refractivity contribution in [2.24, 2.45) is 5.92 Å². The van der Waals surface area contributed by atoms with Crippen LogP contribution in [0.3, 0.4) is 0 Å². The minimum atomic E-state index is 0.211. The van der Waals surface area contributed by atoms with Gasteiger partial charge in [0.1, 0.15) is 0 Å². The molecule has 20 heavy (non-hydrogen) atoms. The summed E-state index contributed by atoms with van der Waals surface area (Å²) in [6, 6.07) is 6.07. The van der Waals surface area contributed by atoms with Gasteiger partial charge in [0.05, 0.1) is 0 Å². The Kier molecular flexibility index (Phi) is 5.18. The molecule has 3 nitrogen and oxygen atoms in total. The Morgan fingerprint density at radius 2 is 1.85 bits per heavy atom. The van der Waals surface area contributed by atoms with Crippen LogP contribution in [0.15, 0.2) is 18.2 Å². The van der Waals surface area contributed by atoms with E-state index in [1.54, 1.807) is 0 Å². The first-order valence-electron chi connectivity index (χ1n) is 7.69. The number of amides is 1. The number of nitrogens with zero attached hydrogens (tertiary/aromatic N) is 1. The Balaban J connectivity index is 1.98. The van der Waals surface area contributed by atoms with E-state index in [2.05, 4.69) is 12.2 Å². The van der Waals surface area contributed by atoms with E-state index >= 15 is 0 Å². The number of aryl methyl sites for hydroxylation is 2. The molecule has 0 atom stereocenters. The molecule has 0 bridgehead atoms. The predicted molar refractivity (Wildman–Crippen MR) is 83.1 cm³/mol. The topological polar surface area (TPSA) is 32.3 Å². The van der Waals surface area contributed by atoms with Crippen LogP contribution in [0.5, 0.6) is 0 Å². The fraction of sp³-hybridized carbons (Fsp3) is 0.588. The maximum Gasteiger partial charge on any atom is 0.254 e. The van der Waals surface area contributed by atoms with Crippen molar-refractivity contribution in [3.05, 3.63) is 34.9 Å². The summed E-state index contributed by atoms with van der Waals surface area (Å²) >= 11 is 0. The summed E-state index contributed by atoms with van der Waals surface area (Å²) in [5.74, 6) is 0.930. The van der Waals surface area contributed by atoms with Crippen LogP contribution in [0.1, 0.15) is 41.3 Å². The number of carbonyl (C=O) groups excluding carboxylic acids is 1. The van der Waals surface area contributed by atoms with Gasteiger partial charge in [0.25, 0.3) is 5.91 Å². The average Bonchev–Trinajstić information content (AvgIpc) is 2.45. The molecule has 1 fully saturated rings. The fourth-order valence-electron chi connectivity index (χ4n) is 3.00. The third kappa shape index (κ3) is 3.40. The number of nitrogens with one attached hydrogen (secondary N) is 1. The largest absolute Gasteiger partial charge is 0.339 e. The highest BCUT2D eigenvalue weighted by Gasteiger charge is 2.24. The van der Waals surface area contributed by atoms with Crippen LogP contribution in [0.4, 0.5) is 0 Å². The van der Waals surface area contributed by atoms with E-state index in [0.29, 0.717) is 0 Å². The van der Waals surface area contributed by atoms with Crippen molar-refractivity contribution in [2.75, 3.05) is 26.2 Å². The van der Waals surface area contributed by atoms with Gasteiger partial charge in [0.15, 0.2) is 0 Å². The third-order valence-corrected chi connectivity index (χ3v) is 4.28. The average molecular weight is 274 g/mol. The van der Waals surface area contributed by atoms with Crippen LogP contribution in [0.25, 0.3) is 0 Å². The van der Waals surface area contributed by atoms with E-state index in [0.717, 1.165) is 61.6 Å². The minimum absolute atomic E-state index is 0.211. The highest BCUT2D eigenvalue weighted by Crippen LogP contribution is 2.21. The summed E-state index contributed by atoms with van der Waals surface area (Å²) in [5, 5.41) is 3.41. The van der Waals surface area contributed by atoms with Gasteiger partial charge < -0.3 is 10.2 Å². The van der Waals surface area contributed by atoms with Crippen LogP contribution in [0.2, 0.25) is 0 Å². The van der Waals surface area contributed by atoms with E-state index in [9.17, 15) is 4.79 Å². The number of hydrogen-bond acceptors (Lipinski definition) is 2. The summed E-state index contributed by atoms with van der Waals surface area (Å²) in [6.45, 7) is 10.1. The molecule has 0 radical (unpaired) electrons. The van der Waals surface area contributed by atoms with Gasteiger partial charge >= 0.3 is 0 Å². The van der Waals surface area contributed by atoms with Crippen molar-refractivity contribution >= 4 is 5.91 Å². The van der Waals surface area contributed by atoms with Crippen molar-refractivity contribution < 1.29 is 4.79 Å². The molecule has 0 aromatic heterocycles. The van der Waals surface area contributed by atoms with Crippen LogP contribution >= 0.6 is 0 Å². The molecule has 0 spiro atoms. The Morgan fingerprint density at radius 3 is 2.40 bits per heavy atom. The first kappa shape index (κ1) is 15.0. The molecular weight excluding hydrogens is 248 g/mol. The van der Waals surface area contributed by atoms with Gasteiger partial charge in [-0.3, -0.25) is 4.79 Å². The van der Waals surface area contributed by atoms with Gasteiger partial charge in [-0.15, -0.1) is 0 Å². The number of hydrogen-bond donors (Lipinski definition) is 1. The van der Waals surface area contributed by atoms with Crippen molar-refractivity contribution in [1.29, 1.82) is 0 Å². The molecule has 1 heterocycles. The number of carbonyl (C=O) groups is 1. The van der Waals surface area contributed by atoms with Crippen molar-refractivity contribution in [3.8, 4) is 0 Å². The SMILES string of the molecule is CCNCC1CCN(C(=O)c2c(C)cccc2C)CC1. The van der Waals surface area contributed by atoms with Crippen molar-refractivity contribution in [3.63, 3.8) is 0 Å². The summed E-state index contributed by atoms with van der Waals surface area (Å²) < 4.78 is 0. The molecule has 1 amide bonds. The molecule has 3 heteroatoms. The van der Waals surface area contributed by atoms with E-state index in [4.69, 9.17) is 0 Å². The molecule has 1 aromatic carbocycles. The van der Waals surface area contributed by atoms with Crippen molar-refractivity contribution in [2.45, 2.75) is 33.6 Å². The number of likely N-dealkylation sites (tertiary alicyclic amines) is 1. The molecule has 1 aliphatic heterocycles. The lowest BCUT2D eigenvalue weighted by atomic mass is 9.95. The molecule has 2 rings (SSSR count). The summed E-state index contributed by atoms with van der Waals surface area (Å²) in [4.78, 5) is 14.7. The zero-order chi connectivity index (χ0) is 14.5. The van der Waals surface area contributed by atoms with Crippen molar-refractivity contribution in [1.82, 2.24) is 10.2 Å². The first-order chi connectivity index (χ1) is 9.63. The van der Waals surface area contributed by atoms with Crippen LogP contribution in [-0.4, -0.2) is 37.0 Å². The standard InChI is InChI=1S/C17H26N2O/c1-4-18-12-15-8-10-19(11-9-15)17(20)16-13(2)6-5-7-14(16)3/h5-7,15,18H,4,8-12H2,1-3H3.